The first-order chi connectivity index (χ1) is 7.25. The van der Waals surface area contributed by atoms with Gasteiger partial charge in [0, 0.05) is 26.5 Å². The molecule has 0 bridgehead atoms. The molecule has 0 saturated carbocycles. The molecule has 0 radical (unpaired) electrons. The van der Waals surface area contributed by atoms with E-state index in [1.165, 1.54) is 0 Å². The molecule has 3 nitrogen and oxygen atoms in total. The van der Waals surface area contributed by atoms with Gasteiger partial charge in [-0.05, 0) is 40.8 Å². The van der Waals surface area contributed by atoms with Crippen molar-refractivity contribution >= 4 is 40.0 Å². The van der Waals surface area contributed by atoms with E-state index >= 15 is 0 Å². The van der Waals surface area contributed by atoms with Gasteiger partial charge in [0.2, 0.25) is 0 Å². The molecule has 0 aliphatic carbocycles. The Hall–Kier alpha value is -0.820. The number of hydrogen-bond donors (Lipinski definition) is 1. The first-order valence-electron chi connectivity index (χ1n) is 4.24. The number of nitrogens with zero attached hydrogens (tertiary/aromatic N) is 2. The normalized spacial score (nSPS) is 10.2. The molecule has 0 saturated heterocycles. The molecule has 0 aliphatic heterocycles. The van der Waals surface area contributed by atoms with Gasteiger partial charge in [0.1, 0.15) is 5.03 Å². The second kappa shape index (κ2) is 4.80. The SMILES string of the molecule is Nc1ccc(Sc2cnccn2)c(I)c1. The van der Waals surface area contributed by atoms with Crippen LogP contribution in [0.5, 0.6) is 0 Å². The van der Waals surface area contributed by atoms with Crippen molar-refractivity contribution in [3.63, 3.8) is 0 Å². The summed E-state index contributed by atoms with van der Waals surface area (Å²) in [5, 5.41) is 0.889. The lowest BCUT2D eigenvalue weighted by Gasteiger charge is -2.03. The third-order valence-corrected chi connectivity index (χ3v) is 3.96. The van der Waals surface area contributed by atoms with Crippen LogP contribution in [0.15, 0.2) is 46.7 Å². The van der Waals surface area contributed by atoms with E-state index in [1.54, 1.807) is 30.4 Å². The van der Waals surface area contributed by atoms with Gasteiger partial charge in [-0.15, -0.1) is 0 Å². The van der Waals surface area contributed by atoms with Gasteiger partial charge in [0.15, 0.2) is 0 Å². The predicted molar refractivity (Wildman–Crippen MR) is 69.7 cm³/mol. The monoisotopic (exact) mass is 329 g/mol. The lowest BCUT2D eigenvalue weighted by Crippen LogP contribution is -1.87. The van der Waals surface area contributed by atoms with E-state index in [0.29, 0.717) is 0 Å². The number of nitrogen functional groups attached to an aromatic ring is 1. The summed E-state index contributed by atoms with van der Waals surface area (Å²) >= 11 is 3.85. The third kappa shape index (κ3) is 2.82. The number of rotatable bonds is 2. The van der Waals surface area contributed by atoms with Crippen LogP contribution in [0.1, 0.15) is 0 Å². The summed E-state index contributed by atoms with van der Waals surface area (Å²) in [6.45, 7) is 0. The zero-order valence-electron chi connectivity index (χ0n) is 7.72. The summed E-state index contributed by atoms with van der Waals surface area (Å²) in [6.07, 6.45) is 5.10. The zero-order chi connectivity index (χ0) is 10.7. The molecule has 0 spiro atoms. The van der Waals surface area contributed by atoms with Crippen molar-refractivity contribution in [3.8, 4) is 0 Å². The molecular weight excluding hydrogens is 321 g/mol. The summed E-state index contributed by atoms with van der Waals surface area (Å²) < 4.78 is 1.13. The Balaban J connectivity index is 2.25. The summed E-state index contributed by atoms with van der Waals surface area (Å²) in [6, 6.07) is 5.83. The lowest BCUT2D eigenvalue weighted by molar-refractivity contribution is 1.05. The molecule has 5 heteroatoms. The van der Waals surface area contributed by atoms with E-state index in [4.69, 9.17) is 5.73 Å². The number of nitrogens with two attached hydrogens (primary N) is 1. The van der Waals surface area contributed by atoms with Crippen LogP contribution in [0.25, 0.3) is 0 Å². The average Bonchev–Trinajstić information content (AvgIpc) is 2.24. The predicted octanol–water partition coefficient (Wildman–Crippen LogP) is 2.81. The molecule has 2 N–H and O–H groups in total. The minimum Gasteiger partial charge on any atom is -0.399 e. The fraction of sp³-hybridized carbons (Fsp3) is 0. The highest BCUT2D eigenvalue weighted by Crippen LogP contribution is 2.30. The molecular formula is C10H8IN3S. The number of benzene rings is 1. The Bertz CT molecular complexity index is 461. The summed E-state index contributed by atoms with van der Waals surface area (Å²) in [5.41, 5.74) is 6.46. The fourth-order valence-electron chi connectivity index (χ4n) is 1.05. The van der Waals surface area contributed by atoms with Crippen LogP contribution >= 0.6 is 34.4 Å². The third-order valence-electron chi connectivity index (χ3n) is 1.71. The van der Waals surface area contributed by atoms with Gasteiger partial charge in [-0.3, -0.25) is 4.98 Å². The molecule has 1 heterocycles. The quantitative estimate of drug-likeness (QED) is 0.680. The van der Waals surface area contributed by atoms with Crippen molar-refractivity contribution in [2.75, 3.05) is 5.73 Å². The maximum Gasteiger partial charge on any atom is 0.119 e. The second-order valence-corrected chi connectivity index (χ2v) is 5.06. The Morgan fingerprint density at radius 2 is 2.13 bits per heavy atom. The van der Waals surface area contributed by atoms with E-state index in [2.05, 4.69) is 32.6 Å². The molecule has 0 unspecified atom stereocenters. The van der Waals surface area contributed by atoms with Crippen molar-refractivity contribution < 1.29 is 0 Å². The van der Waals surface area contributed by atoms with Gasteiger partial charge in [-0.25, -0.2) is 4.98 Å². The van der Waals surface area contributed by atoms with E-state index in [9.17, 15) is 0 Å². The van der Waals surface area contributed by atoms with Crippen LogP contribution in [0, 0.1) is 3.57 Å². The van der Waals surface area contributed by atoms with E-state index in [0.717, 1.165) is 19.2 Å². The Morgan fingerprint density at radius 1 is 1.27 bits per heavy atom. The number of halogens is 1. The van der Waals surface area contributed by atoms with Gasteiger partial charge in [0.25, 0.3) is 0 Å². The fourth-order valence-corrected chi connectivity index (χ4v) is 2.67. The van der Waals surface area contributed by atoms with Gasteiger partial charge >= 0.3 is 0 Å². The number of hydrogen-bond acceptors (Lipinski definition) is 4. The summed E-state index contributed by atoms with van der Waals surface area (Å²) in [4.78, 5) is 9.36. The summed E-state index contributed by atoms with van der Waals surface area (Å²) in [7, 11) is 0. The highest BCUT2D eigenvalue weighted by atomic mass is 127. The molecule has 2 rings (SSSR count). The average molecular weight is 329 g/mol. The lowest BCUT2D eigenvalue weighted by atomic mass is 10.3. The van der Waals surface area contributed by atoms with Crippen LogP contribution in [-0.4, -0.2) is 9.97 Å². The molecule has 0 amide bonds. The minimum absolute atomic E-state index is 0.780. The molecule has 1 aromatic carbocycles. The molecule has 0 atom stereocenters. The molecule has 15 heavy (non-hydrogen) atoms. The Morgan fingerprint density at radius 3 is 2.80 bits per heavy atom. The van der Waals surface area contributed by atoms with E-state index in [1.807, 2.05) is 18.2 Å². The van der Waals surface area contributed by atoms with Crippen LogP contribution in [0.3, 0.4) is 0 Å². The van der Waals surface area contributed by atoms with Crippen molar-refractivity contribution in [2.24, 2.45) is 0 Å². The van der Waals surface area contributed by atoms with Gasteiger partial charge in [-0.1, -0.05) is 11.8 Å². The van der Waals surface area contributed by atoms with Crippen molar-refractivity contribution in [3.05, 3.63) is 40.4 Å². The first-order valence-corrected chi connectivity index (χ1v) is 6.14. The topological polar surface area (TPSA) is 51.8 Å². The highest BCUT2D eigenvalue weighted by Gasteiger charge is 2.03. The van der Waals surface area contributed by atoms with Crippen LogP contribution in [-0.2, 0) is 0 Å². The number of aromatic nitrogens is 2. The zero-order valence-corrected chi connectivity index (χ0v) is 10.7. The molecule has 76 valence electrons. The van der Waals surface area contributed by atoms with Crippen LogP contribution < -0.4 is 5.73 Å². The minimum atomic E-state index is 0.780. The first kappa shape index (κ1) is 10.7. The van der Waals surface area contributed by atoms with Crippen LogP contribution in [0.4, 0.5) is 5.69 Å². The Kier molecular flexibility index (Phi) is 3.42. The van der Waals surface area contributed by atoms with Gasteiger partial charge < -0.3 is 5.73 Å². The molecule has 1 aromatic heterocycles. The maximum absolute atomic E-state index is 5.68. The maximum atomic E-state index is 5.68. The standard InChI is InChI=1S/C10H8IN3S/c11-8-5-7(12)1-2-9(8)15-10-6-13-3-4-14-10/h1-6H,12H2. The Labute approximate surface area is 106 Å². The second-order valence-electron chi connectivity index (χ2n) is 2.84. The molecule has 2 aromatic rings. The van der Waals surface area contributed by atoms with Gasteiger partial charge in [0.05, 0.1) is 6.20 Å². The summed E-state index contributed by atoms with van der Waals surface area (Å²) in [5.74, 6) is 0. The van der Waals surface area contributed by atoms with Crippen molar-refractivity contribution in [2.45, 2.75) is 9.92 Å². The van der Waals surface area contributed by atoms with E-state index in [-0.39, 0.29) is 0 Å². The smallest absolute Gasteiger partial charge is 0.119 e. The van der Waals surface area contributed by atoms with Gasteiger partial charge in [-0.2, -0.15) is 0 Å². The molecule has 0 aliphatic rings. The van der Waals surface area contributed by atoms with Crippen LogP contribution in [0.2, 0.25) is 0 Å². The van der Waals surface area contributed by atoms with Crippen molar-refractivity contribution in [1.29, 1.82) is 0 Å². The van der Waals surface area contributed by atoms with E-state index < -0.39 is 0 Å². The molecule has 0 fully saturated rings. The van der Waals surface area contributed by atoms with Crippen molar-refractivity contribution in [1.82, 2.24) is 9.97 Å². The highest BCUT2D eigenvalue weighted by molar-refractivity contribution is 14.1. The number of anilines is 1. The largest absolute Gasteiger partial charge is 0.399 e.